The number of carbonyl (C=O) groups excluding carboxylic acids is 2. The summed E-state index contributed by atoms with van der Waals surface area (Å²) in [5.41, 5.74) is 2.76. The molecule has 4 heteroatoms. The molecule has 0 atom stereocenters. The normalized spacial score (nSPS) is 13.4. The minimum atomic E-state index is -0.576. The first-order valence-corrected chi connectivity index (χ1v) is 5.78. The molecule has 0 saturated heterocycles. The van der Waals surface area contributed by atoms with E-state index in [2.05, 4.69) is 5.32 Å². The Morgan fingerprint density at radius 1 is 0.944 bits per heavy atom. The Balaban J connectivity index is 2.12. The molecule has 3 rings (SSSR count). The quantitative estimate of drug-likeness (QED) is 0.798. The fourth-order valence-corrected chi connectivity index (χ4v) is 2.18. The van der Waals surface area contributed by atoms with Crippen molar-refractivity contribution < 1.29 is 9.59 Å². The molecular weight excluding hydrogens is 250 g/mol. The topological polar surface area (TPSA) is 46.2 Å². The lowest BCUT2D eigenvalue weighted by atomic mass is 10.0. The van der Waals surface area contributed by atoms with Crippen LogP contribution in [0.25, 0.3) is 11.1 Å². The lowest BCUT2D eigenvalue weighted by Crippen LogP contribution is -2.12. The molecule has 18 heavy (non-hydrogen) atoms. The van der Waals surface area contributed by atoms with Crippen molar-refractivity contribution in [2.75, 3.05) is 5.32 Å². The van der Waals surface area contributed by atoms with Gasteiger partial charge in [0.2, 0.25) is 0 Å². The van der Waals surface area contributed by atoms with Crippen molar-refractivity contribution in [2.45, 2.75) is 0 Å². The van der Waals surface area contributed by atoms with E-state index in [9.17, 15) is 9.59 Å². The number of ketones is 1. The number of hydrogen-bond donors (Lipinski definition) is 1. The molecule has 1 aliphatic rings. The zero-order valence-electron chi connectivity index (χ0n) is 9.24. The summed E-state index contributed by atoms with van der Waals surface area (Å²) < 4.78 is 0. The van der Waals surface area contributed by atoms with Crippen molar-refractivity contribution in [1.29, 1.82) is 0 Å². The second-order valence-electron chi connectivity index (χ2n) is 4.05. The summed E-state index contributed by atoms with van der Waals surface area (Å²) >= 11 is 5.93. The van der Waals surface area contributed by atoms with Gasteiger partial charge in [0.15, 0.2) is 0 Å². The van der Waals surface area contributed by atoms with Crippen LogP contribution in [0.3, 0.4) is 0 Å². The van der Waals surface area contributed by atoms with Crippen LogP contribution in [0.15, 0.2) is 42.5 Å². The van der Waals surface area contributed by atoms with Gasteiger partial charge in [-0.3, -0.25) is 9.59 Å². The van der Waals surface area contributed by atoms with Crippen molar-refractivity contribution in [3.63, 3.8) is 0 Å². The number of fused-ring (bicyclic) bond motifs is 1. The SMILES string of the molecule is O=C1Nc2ccc(-c3cccc(Cl)c3)cc2C1=O. The van der Waals surface area contributed by atoms with Crippen LogP contribution < -0.4 is 5.32 Å². The van der Waals surface area contributed by atoms with Gasteiger partial charge in [0.05, 0.1) is 11.3 Å². The predicted octanol–water partition coefficient (Wildman–Crippen LogP) is 3.14. The first-order chi connectivity index (χ1) is 8.65. The van der Waals surface area contributed by atoms with E-state index in [0.29, 0.717) is 16.3 Å². The molecule has 1 amide bonds. The van der Waals surface area contributed by atoms with Crippen LogP contribution >= 0.6 is 11.6 Å². The number of halogens is 1. The highest BCUT2D eigenvalue weighted by Gasteiger charge is 2.27. The Hall–Kier alpha value is -2.13. The number of carbonyl (C=O) groups is 2. The standard InChI is InChI=1S/C14H8ClNO2/c15-10-3-1-2-8(6-10)9-4-5-12-11(7-9)13(17)14(18)16-12/h1-7H,(H,16,17,18). The maximum absolute atomic E-state index is 11.6. The van der Waals surface area contributed by atoms with E-state index in [0.717, 1.165) is 11.1 Å². The Morgan fingerprint density at radius 2 is 1.72 bits per heavy atom. The number of Topliss-reactive ketones (excluding diaryl/α,β-unsaturated/α-hetero) is 1. The van der Waals surface area contributed by atoms with Crippen molar-refractivity contribution in [3.8, 4) is 11.1 Å². The van der Waals surface area contributed by atoms with E-state index in [1.165, 1.54) is 0 Å². The van der Waals surface area contributed by atoms with Gasteiger partial charge in [0.1, 0.15) is 0 Å². The van der Waals surface area contributed by atoms with Crippen LogP contribution in [0, 0.1) is 0 Å². The molecule has 88 valence electrons. The first kappa shape index (κ1) is 11.0. The van der Waals surface area contributed by atoms with Gasteiger partial charge < -0.3 is 5.32 Å². The van der Waals surface area contributed by atoms with Crippen LogP contribution in [-0.4, -0.2) is 11.7 Å². The van der Waals surface area contributed by atoms with Gasteiger partial charge in [-0.15, -0.1) is 0 Å². The lowest BCUT2D eigenvalue weighted by Gasteiger charge is -2.04. The molecule has 1 N–H and O–H groups in total. The van der Waals surface area contributed by atoms with Gasteiger partial charge in [-0.05, 0) is 35.4 Å². The minimum absolute atomic E-state index is 0.414. The molecule has 0 aromatic heterocycles. The average Bonchev–Trinajstić information content (AvgIpc) is 2.65. The van der Waals surface area contributed by atoms with Crippen molar-refractivity contribution in [3.05, 3.63) is 53.1 Å². The molecule has 0 fully saturated rings. The van der Waals surface area contributed by atoms with E-state index in [-0.39, 0.29) is 0 Å². The molecule has 0 bridgehead atoms. The second-order valence-corrected chi connectivity index (χ2v) is 4.49. The smallest absolute Gasteiger partial charge is 0.296 e. The Labute approximate surface area is 108 Å². The first-order valence-electron chi connectivity index (χ1n) is 5.41. The van der Waals surface area contributed by atoms with E-state index < -0.39 is 11.7 Å². The molecule has 1 aliphatic heterocycles. The Bertz CT molecular complexity index is 679. The van der Waals surface area contributed by atoms with Crippen molar-refractivity contribution >= 4 is 29.0 Å². The number of amides is 1. The molecule has 0 saturated carbocycles. The summed E-state index contributed by atoms with van der Waals surface area (Å²) in [5, 5.41) is 3.16. The van der Waals surface area contributed by atoms with Gasteiger partial charge in [0, 0.05) is 5.02 Å². The van der Waals surface area contributed by atoms with Crippen LogP contribution in [0.2, 0.25) is 5.02 Å². The van der Waals surface area contributed by atoms with Gasteiger partial charge in [0.25, 0.3) is 11.7 Å². The van der Waals surface area contributed by atoms with Crippen LogP contribution in [0.1, 0.15) is 10.4 Å². The predicted molar refractivity (Wildman–Crippen MR) is 69.8 cm³/mol. The fraction of sp³-hybridized carbons (Fsp3) is 0. The summed E-state index contributed by atoms with van der Waals surface area (Å²) in [6.45, 7) is 0. The highest BCUT2D eigenvalue weighted by atomic mass is 35.5. The van der Waals surface area contributed by atoms with Gasteiger partial charge in [-0.1, -0.05) is 29.8 Å². The average molecular weight is 258 g/mol. The number of nitrogens with one attached hydrogen (secondary N) is 1. The van der Waals surface area contributed by atoms with E-state index in [1.807, 2.05) is 24.3 Å². The highest BCUT2D eigenvalue weighted by Crippen LogP contribution is 2.29. The molecule has 0 radical (unpaired) electrons. The number of rotatable bonds is 1. The summed E-state index contributed by atoms with van der Waals surface area (Å²) in [4.78, 5) is 22.9. The number of hydrogen-bond acceptors (Lipinski definition) is 2. The Morgan fingerprint density at radius 3 is 2.50 bits per heavy atom. The van der Waals surface area contributed by atoms with Crippen LogP contribution in [0.5, 0.6) is 0 Å². The monoisotopic (exact) mass is 257 g/mol. The molecule has 0 spiro atoms. The van der Waals surface area contributed by atoms with E-state index >= 15 is 0 Å². The van der Waals surface area contributed by atoms with Gasteiger partial charge in [-0.25, -0.2) is 0 Å². The second kappa shape index (κ2) is 3.96. The third kappa shape index (κ3) is 1.69. The zero-order valence-corrected chi connectivity index (χ0v) is 9.99. The van der Waals surface area contributed by atoms with Gasteiger partial charge >= 0.3 is 0 Å². The van der Waals surface area contributed by atoms with Crippen LogP contribution in [0.4, 0.5) is 5.69 Å². The number of benzene rings is 2. The third-order valence-corrected chi connectivity index (χ3v) is 3.11. The summed E-state index contributed by atoms with van der Waals surface area (Å²) in [7, 11) is 0. The van der Waals surface area contributed by atoms with Crippen molar-refractivity contribution in [2.24, 2.45) is 0 Å². The molecular formula is C14H8ClNO2. The highest BCUT2D eigenvalue weighted by molar-refractivity contribution is 6.51. The largest absolute Gasteiger partial charge is 0.318 e. The van der Waals surface area contributed by atoms with Crippen LogP contribution in [-0.2, 0) is 4.79 Å². The molecule has 2 aromatic carbocycles. The maximum atomic E-state index is 11.6. The molecule has 3 nitrogen and oxygen atoms in total. The summed E-state index contributed by atoms with van der Waals surface area (Å²) in [6.07, 6.45) is 0. The number of anilines is 1. The minimum Gasteiger partial charge on any atom is -0.318 e. The van der Waals surface area contributed by atoms with E-state index in [4.69, 9.17) is 11.6 Å². The molecule has 0 aliphatic carbocycles. The fourth-order valence-electron chi connectivity index (χ4n) is 1.99. The molecule has 2 aromatic rings. The van der Waals surface area contributed by atoms with Gasteiger partial charge in [-0.2, -0.15) is 0 Å². The van der Waals surface area contributed by atoms with Crippen molar-refractivity contribution in [1.82, 2.24) is 0 Å². The Kier molecular flexibility index (Phi) is 2.42. The maximum Gasteiger partial charge on any atom is 0.296 e. The molecule has 0 unspecified atom stereocenters. The third-order valence-electron chi connectivity index (χ3n) is 2.88. The molecule has 1 heterocycles. The zero-order chi connectivity index (χ0) is 12.7. The lowest BCUT2D eigenvalue weighted by molar-refractivity contribution is -0.112. The summed E-state index contributed by atoms with van der Waals surface area (Å²) in [6, 6.07) is 12.6. The summed E-state index contributed by atoms with van der Waals surface area (Å²) in [5.74, 6) is -1.07. The van der Waals surface area contributed by atoms with E-state index in [1.54, 1.807) is 18.2 Å².